The van der Waals surface area contributed by atoms with E-state index in [1.165, 1.54) is 24.3 Å². The molecule has 1 aliphatic carbocycles. The monoisotopic (exact) mass is 589 g/mol. The largest absolute Gasteiger partial charge is 0.416 e. The van der Waals surface area contributed by atoms with Gasteiger partial charge >= 0.3 is 12.4 Å². The highest BCUT2D eigenvalue weighted by Gasteiger charge is 2.58. The molecule has 0 spiro atoms. The number of carbonyl (C=O) groups is 1. The predicted molar refractivity (Wildman–Crippen MR) is 135 cm³/mol. The number of benzene rings is 2. The molecule has 1 saturated heterocycles. The predicted octanol–water partition coefficient (Wildman–Crippen LogP) is 6.40. The third-order valence-electron chi connectivity index (χ3n) is 6.97. The molecular weight excluding hydrogens is 556 g/mol. The Labute approximate surface area is 234 Å². The van der Waals surface area contributed by atoms with Gasteiger partial charge in [-0.25, -0.2) is 0 Å². The van der Waals surface area contributed by atoms with Crippen molar-refractivity contribution in [3.8, 4) is 0 Å². The maximum atomic E-state index is 13.6. The van der Waals surface area contributed by atoms with E-state index in [-0.39, 0.29) is 43.2 Å². The van der Waals surface area contributed by atoms with E-state index in [2.05, 4.69) is 5.32 Å². The smallest absolute Gasteiger partial charge is 0.371 e. The topological polar surface area (TPSA) is 66.0 Å². The van der Waals surface area contributed by atoms with Gasteiger partial charge in [0.15, 0.2) is 11.4 Å². The molecule has 2 fully saturated rings. The van der Waals surface area contributed by atoms with Crippen LogP contribution >= 0.6 is 0 Å². The van der Waals surface area contributed by atoms with Crippen molar-refractivity contribution < 1.29 is 50.1 Å². The number of alkyl halides is 6. The first-order valence-electron chi connectivity index (χ1n) is 13.2. The van der Waals surface area contributed by atoms with Gasteiger partial charge in [-0.2, -0.15) is 26.3 Å². The molecule has 0 aromatic heterocycles. The van der Waals surface area contributed by atoms with Gasteiger partial charge in [0, 0.05) is 18.9 Å². The van der Waals surface area contributed by atoms with Crippen LogP contribution in [0.25, 0.3) is 0 Å². The van der Waals surface area contributed by atoms with Crippen molar-refractivity contribution in [1.29, 1.82) is 0 Å². The zero-order chi connectivity index (χ0) is 30.2. The van der Waals surface area contributed by atoms with Crippen LogP contribution in [-0.2, 0) is 49.3 Å². The van der Waals surface area contributed by atoms with Gasteiger partial charge in [-0.3, -0.25) is 4.79 Å². The lowest BCUT2D eigenvalue weighted by Crippen LogP contribution is -2.60. The zero-order valence-corrected chi connectivity index (χ0v) is 23.1. The minimum absolute atomic E-state index is 0.0298. The van der Waals surface area contributed by atoms with Crippen molar-refractivity contribution in [3.63, 3.8) is 0 Å². The highest BCUT2D eigenvalue weighted by molar-refractivity contribution is 5.85. The molecule has 41 heavy (non-hydrogen) atoms. The minimum Gasteiger partial charge on any atom is -0.371 e. The maximum absolute atomic E-state index is 13.6. The molecule has 6 nitrogen and oxygen atoms in total. The van der Waals surface area contributed by atoms with Crippen LogP contribution in [0.4, 0.5) is 26.3 Å². The van der Waals surface area contributed by atoms with E-state index in [1.807, 2.05) is 0 Å². The fourth-order valence-electron chi connectivity index (χ4n) is 5.20. The lowest BCUT2D eigenvalue weighted by molar-refractivity contribution is -0.184. The fraction of sp³-hybridized carbons (Fsp3) is 0.552. The third-order valence-corrected chi connectivity index (χ3v) is 6.97. The zero-order valence-electron chi connectivity index (χ0n) is 23.1. The van der Waals surface area contributed by atoms with Crippen LogP contribution in [0.15, 0.2) is 48.5 Å². The molecule has 1 unspecified atom stereocenters. The number of rotatable bonds is 8. The Morgan fingerprint density at radius 2 is 1.49 bits per heavy atom. The molecule has 1 N–H and O–H groups in total. The summed E-state index contributed by atoms with van der Waals surface area (Å²) in [7, 11) is 0. The SMILES string of the molecule is CC(C)NC(=O)[C@@]1(OCc2cccc(C(F)(F)F)c2)CC(OCc2cccc(C(F)(F)F)c2)[C@@H]2OC(C)(C)O[C@@H]2C1. The van der Waals surface area contributed by atoms with E-state index in [4.69, 9.17) is 18.9 Å². The Morgan fingerprint density at radius 1 is 0.927 bits per heavy atom. The Morgan fingerprint density at radius 3 is 2.02 bits per heavy atom. The van der Waals surface area contributed by atoms with Crippen LogP contribution in [0.1, 0.15) is 62.8 Å². The van der Waals surface area contributed by atoms with Crippen LogP contribution in [-0.4, -0.2) is 41.6 Å². The molecule has 4 atom stereocenters. The molecule has 0 radical (unpaired) electrons. The average molecular weight is 590 g/mol. The molecule has 1 saturated carbocycles. The van der Waals surface area contributed by atoms with Crippen molar-refractivity contribution in [2.45, 2.75) is 102 Å². The minimum atomic E-state index is -4.55. The van der Waals surface area contributed by atoms with Crippen molar-refractivity contribution in [2.24, 2.45) is 0 Å². The van der Waals surface area contributed by atoms with E-state index in [9.17, 15) is 31.1 Å². The number of nitrogens with one attached hydrogen (secondary N) is 1. The van der Waals surface area contributed by atoms with Gasteiger partial charge in [-0.1, -0.05) is 24.3 Å². The number of hydrogen-bond donors (Lipinski definition) is 1. The Bertz CT molecular complexity index is 1230. The summed E-state index contributed by atoms with van der Waals surface area (Å²) in [5.74, 6) is -1.54. The highest BCUT2D eigenvalue weighted by atomic mass is 19.4. The summed E-state index contributed by atoms with van der Waals surface area (Å²) >= 11 is 0. The van der Waals surface area contributed by atoms with E-state index in [0.717, 1.165) is 24.3 Å². The van der Waals surface area contributed by atoms with E-state index >= 15 is 0 Å². The summed E-state index contributed by atoms with van der Waals surface area (Å²) in [5.41, 5.74) is -2.77. The van der Waals surface area contributed by atoms with Gasteiger partial charge in [0.05, 0.1) is 36.5 Å². The summed E-state index contributed by atoms with van der Waals surface area (Å²) in [6.45, 7) is 6.37. The third kappa shape index (κ3) is 7.59. The Hall–Kier alpha value is -2.67. The molecule has 0 bridgehead atoms. The molecule has 12 heteroatoms. The van der Waals surface area contributed by atoms with Crippen molar-refractivity contribution >= 4 is 5.91 Å². The second kappa shape index (κ2) is 11.5. The number of amides is 1. The second-order valence-corrected chi connectivity index (χ2v) is 11.2. The number of fused-ring (bicyclic) bond motifs is 1. The first-order chi connectivity index (χ1) is 19.0. The lowest BCUT2D eigenvalue weighted by Gasteiger charge is -2.43. The molecule has 226 valence electrons. The summed E-state index contributed by atoms with van der Waals surface area (Å²) in [4.78, 5) is 13.6. The first kappa shape index (κ1) is 31.3. The summed E-state index contributed by atoms with van der Waals surface area (Å²) in [5, 5.41) is 2.82. The average Bonchev–Trinajstić information content (AvgIpc) is 3.18. The standard InChI is InChI=1S/C29H33F6NO5/c1-17(2)36-25(37)27(39-16-19-8-6-10-21(12-19)29(33,34)35)13-22(24-23(14-27)40-26(3,4)41-24)38-15-18-7-5-9-20(11-18)28(30,31)32/h5-12,17,22-24H,13-16H2,1-4H3,(H,36,37)/t22?,23-,24+,27-/m1/s1. The van der Waals surface area contributed by atoms with Gasteiger partial charge in [0.2, 0.25) is 0 Å². The van der Waals surface area contributed by atoms with E-state index in [1.54, 1.807) is 27.7 Å². The van der Waals surface area contributed by atoms with Crippen molar-refractivity contribution in [2.75, 3.05) is 0 Å². The highest BCUT2D eigenvalue weighted by Crippen LogP contribution is 2.44. The van der Waals surface area contributed by atoms with Gasteiger partial charge < -0.3 is 24.3 Å². The van der Waals surface area contributed by atoms with Crippen molar-refractivity contribution in [1.82, 2.24) is 5.32 Å². The number of ether oxygens (including phenoxy) is 4. The molecule has 1 heterocycles. The molecule has 1 amide bonds. The van der Waals surface area contributed by atoms with Crippen LogP contribution in [0.5, 0.6) is 0 Å². The van der Waals surface area contributed by atoms with E-state index < -0.39 is 59.1 Å². The molecule has 2 aliphatic rings. The lowest BCUT2D eigenvalue weighted by atomic mass is 9.78. The van der Waals surface area contributed by atoms with Crippen molar-refractivity contribution in [3.05, 3.63) is 70.8 Å². The van der Waals surface area contributed by atoms with Crippen LogP contribution < -0.4 is 5.32 Å². The van der Waals surface area contributed by atoms with Crippen LogP contribution in [0, 0.1) is 0 Å². The molecule has 4 rings (SSSR count). The first-order valence-corrected chi connectivity index (χ1v) is 13.2. The maximum Gasteiger partial charge on any atom is 0.416 e. The summed E-state index contributed by atoms with van der Waals surface area (Å²) in [6, 6.07) is 9.07. The van der Waals surface area contributed by atoms with Crippen LogP contribution in [0.2, 0.25) is 0 Å². The quantitative estimate of drug-likeness (QED) is 0.361. The van der Waals surface area contributed by atoms with Crippen LogP contribution in [0.3, 0.4) is 0 Å². The summed E-state index contributed by atoms with van der Waals surface area (Å²) < 4.78 is 104. The van der Waals surface area contributed by atoms with Gasteiger partial charge in [-0.05, 0) is 63.1 Å². The Kier molecular flexibility index (Phi) is 8.80. The molecule has 2 aromatic carbocycles. The van der Waals surface area contributed by atoms with Gasteiger partial charge in [-0.15, -0.1) is 0 Å². The van der Waals surface area contributed by atoms with Gasteiger partial charge in [0.25, 0.3) is 5.91 Å². The molecular formula is C29H33F6NO5. The normalized spacial score (nSPS) is 26.2. The molecule has 1 aliphatic heterocycles. The second-order valence-electron chi connectivity index (χ2n) is 11.2. The Balaban J connectivity index is 1.62. The number of halogens is 6. The number of carbonyl (C=O) groups excluding carboxylic acids is 1. The van der Waals surface area contributed by atoms with Gasteiger partial charge in [0.1, 0.15) is 6.10 Å². The molecule has 2 aromatic rings. The number of hydrogen-bond acceptors (Lipinski definition) is 5. The summed E-state index contributed by atoms with van der Waals surface area (Å²) in [6.07, 6.45) is -11.3. The fourth-order valence-corrected chi connectivity index (χ4v) is 5.20. The van der Waals surface area contributed by atoms with E-state index in [0.29, 0.717) is 0 Å².